The fourth-order valence-electron chi connectivity index (χ4n) is 3.60. The molecule has 0 saturated heterocycles. The van der Waals surface area contributed by atoms with Gasteiger partial charge in [0.2, 0.25) is 0 Å². The van der Waals surface area contributed by atoms with E-state index < -0.39 is 11.7 Å². The van der Waals surface area contributed by atoms with Crippen molar-refractivity contribution in [2.24, 2.45) is 0 Å². The Balaban J connectivity index is 1.62. The number of hydrogen-bond acceptors (Lipinski definition) is 2. The summed E-state index contributed by atoms with van der Waals surface area (Å²) in [6.45, 7) is 3.90. The van der Waals surface area contributed by atoms with Crippen molar-refractivity contribution in [3.8, 4) is 11.4 Å². The Kier molecular flexibility index (Phi) is 5.71. The molecule has 1 heterocycles. The average molecular weight is 441 g/mol. The third-order valence-corrected chi connectivity index (χ3v) is 6.49. The number of rotatable bonds is 5. The highest BCUT2D eigenvalue weighted by atomic mass is 32.2. The molecule has 7 heteroatoms. The molecule has 3 aromatic carbocycles. The molecule has 159 valence electrons. The van der Waals surface area contributed by atoms with Crippen LogP contribution in [0.2, 0.25) is 0 Å². The van der Waals surface area contributed by atoms with E-state index >= 15 is 0 Å². The van der Waals surface area contributed by atoms with Gasteiger partial charge in [-0.05, 0) is 66.9 Å². The molecule has 4 aromatic rings. The summed E-state index contributed by atoms with van der Waals surface area (Å²) in [5, 5.41) is 17.4. The first-order valence-electron chi connectivity index (χ1n) is 9.85. The zero-order valence-corrected chi connectivity index (χ0v) is 17.8. The van der Waals surface area contributed by atoms with E-state index in [9.17, 15) is 18.3 Å². The molecule has 0 fully saturated rings. The van der Waals surface area contributed by atoms with Crippen LogP contribution in [0.3, 0.4) is 0 Å². The highest BCUT2D eigenvalue weighted by Crippen LogP contribution is 2.35. The lowest BCUT2D eigenvalue weighted by Gasteiger charge is -2.11. The van der Waals surface area contributed by atoms with Crippen LogP contribution in [-0.4, -0.2) is 9.78 Å². The van der Waals surface area contributed by atoms with Gasteiger partial charge in [-0.15, -0.1) is 11.8 Å². The fourth-order valence-corrected chi connectivity index (χ4v) is 4.80. The minimum Gasteiger partial charge on any atom is -0.290 e. The summed E-state index contributed by atoms with van der Waals surface area (Å²) in [5.74, 6) is 0.752. The summed E-state index contributed by atoms with van der Waals surface area (Å²) in [5.41, 5.74) is 3.60. The monoisotopic (exact) mass is 441 g/mol. The van der Waals surface area contributed by atoms with Crippen LogP contribution in [0.1, 0.15) is 29.2 Å². The summed E-state index contributed by atoms with van der Waals surface area (Å²) in [7, 11) is 0. The zero-order chi connectivity index (χ0) is 22.2. The van der Waals surface area contributed by atoms with Crippen molar-refractivity contribution in [3.63, 3.8) is 0 Å². The number of hydrogen-bond donors (Lipinski definition) is 0. The van der Waals surface area contributed by atoms with Crippen molar-refractivity contribution in [2.45, 2.75) is 37.1 Å². The SMILES string of the molecule is CCc1c(SCc2cccc3nn(-c4ccc(C(F)(F)F)cc4)cc23)ccc([O])c1C. The van der Waals surface area contributed by atoms with E-state index in [0.717, 1.165) is 51.0 Å². The van der Waals surface area contributed by atoms with Gasteiger partial charge in [-0.25, -0.2) is 4.68 Å². The molecule has 31 heavy (non-hydrogen) atoms. The van der Waals surface area contributed by atoms with Crippen molar-refractivity contribution in [1.82, 2.24) is 9.78 Å². The van der Waals surface area contributed by atoms with Gasteiger partial charge in [0.1, 0.15) is 0 Å². The van der Waals surface area contributed by atoms with E-state index in [1.165, 1.54) is 12.1 Å². The van der Waals surface area contributed by atoms with E-state index in [-0.39, 0.29) is 5.75 Å². The van der Waals surface area contributed by atoms with Crippen LogP contribution in [0.15, 0.2) is 65.7 Å². The second-order valence-corrected chi connectivity index (χ2v) is 8.29. The van der Waals surface area contributed by atoms with Gasteiger partial charge in [-0.1, -0.05) is 19.1 Å². The second-order valence-electron chi connectivity index (χ2n) is 7.28. The maximum atomic E-state index is 12.8. The summed E-state index contributed by atoms with van der Waals surface area (Å²) >= 11 is 1.67. The van der Waals surface area contributed by atoms with Gasteiger partial charge in [-0.2, -0.15) is 18.3 Å². The highest BCUT2D eigenvalue weighted by molar-refractivity contribution is 7.98. The average Bonchev–Trinajstić information content (AvgIpc) is 3.19. The summed E-state index contributed by atoms with van der Waals surface area (Å²) in [6.07, 6.45) is -1.72. The minimum absolute atomic E-state index is 0.0566. The van der Waals surface area contributed by atoms with Crippen LogP contribution in [0.4, 0.5) is 13.2 Å². The number of nitrogens with zero attached hydrogens (tertiary/aromatic N) is 2. The third-order valence-electron chi connectivity index (χ3n) is 5.34. The molecule has 0 bridgehead atoms. The summed E-state index contributed by atoms with van der Waals surface area (Å²) < 4.78 is 40.1. The van der Waals surface area contributed by atoms with E-state index in [1.807, 2.05) is 44.3 Å². The van der Waals surface area contributed by atoms with Gasteiger partial charge < -0.3 is 0 Å². The Morgan fingerprint density at radius 1 is 1.03 bits per heavy atom. The molecule has 0 amide bonds. The van der Waals surface area contributed by atoms with Gasteiger partial charge in [0, 0.05) is 27.8 Å². The standard InChI is InChI=1S/C24H20F3N2OS/c1-3-19-15(2)22(30)11-12-23(19)31-14-16-5-4-6-21-20(16)13-29(28-21)18-9-7-17(8-10-18)24(25,26)27/h4-13H,3,14H2,1-2H3. The third kappa shape index (κ3) is 4.28. The number of aromatic nitrogens is 2. The largest absolute Gasteiger partial charge is 0.416 e. The Morgan fingerprint density at radius 3 is 2.45 bits per heavy atom. The van der Waals surface area contributed by atoms with Crippen molar-refractivity contribution in [3.05, 3.63) is 83.0 Å². The van der Waals surface area contributed by atoms with Crippen LogP contribution in [0.5, 0.6) is 5.75 Å². The lowest BCUT2D eigenvalue weighted by molar-refractivity contribution is -0.137. The Hall–Kier alpha value is -2.93. The molecule has 1 radical (unpaired) electrons. The second kappa shape index (κ2) is 8.30. The topological polar surface area (TPSA) is 37.7 Å². The number of thioether (sulfide) groups is 1. The van der Waals surface area contributed by atoms with Crippen molar-refractivity contribution in [2.75, 3.05) is 0 Å². The predicted octanol–water partition coefficient (Wildman–Crippen LogP) is 7.35. The molecule has 0 aliphatic rings. The molecule has 0 atom stereocenters. The van der Waals surface area contributed by atoms with Crippen molar-refractivity contribution in [1.29, 1.82) is 0 Å². The van der Waals surface area contributed by atoms with Crippen LogP contribution in [-0.2, 0) is 23.5 Å². The Labute approximate surface area is 182 Å². The highest BCUT2D eigenvalue weighted by Gasteiger charge is 2.30. The predicted molar refractivity (Wildman–Crippen MR) is 116 cm³/mol. The minimum atomic E-state index is -4.36. The normalized spacial score (nSPS) is 11.9. The van der Waals surface area contributed by atoms with E-state index in [2.05, 4.69) is 5.10 Å². The molecule has 4 rings (SSSR count). The molecule has 0 unspecified atom stereocenters. The lowest BCUT2D eigenvalue weighted by atomic mass is 10.1. The van der Waals surface area contributed by atoms with Crippen LogP contribution in [0.25, 0.3) is 16.6 Å². The van der Waals surface area contributed by atoms with Gasteiger partial charge in [0.15, 0.2) is 5.75 Å². The van der Waals surface area contributed by atoms with Crippen molar-refractivity contribution >= 4 is 22.7 Å². The van der Waals surface area contributed by atoms with Crippen LogP contribution in [0, 0.1) is 6.92 Å². The first-order chi connectivity index (χ1) is 14.8. The van der Waals surface area contributed by atoms with E-state index in [0.29, 0.717) is 11.4 Å². The molecule has 0 aliphatic carbocycles. The fraction of sp³-hybridized carbons (Fsp3) is 0.208. The quantitative estimate of drug-likeness (QED) is 0.304. The smallest absolute Gasteiger partial charge is 0.290 e. The molecule has 0 aliphatic heterocycles. The molecule has 0 saturated carbocycles. The molecule has 0 N–H and O–H groups in total. The first-order valence-corrected chi connectivity index (χ1v) is 10.8. The molecule has 3 nitrogen and oxygen atoms in total. The lowest BCUT2D eigenvalue weighted by Crippen LogP contribution is -2.05. The molecular weight excluding hydrogens is 421 g/mol. The van der Waals surface area contributed by atoms with Gasteiger partial charge in [0.05, 0.1) is 16.8 Å². The van der Waals surface area contributed by atoms with E-state index in [4.69, 9.17) is 0 Å². The molecule has 0 spiro atoms. The Bertz CT molecular complexity index is 1230. The summed E-state index contributed by atoms with van der Waals surface area (Å²) in [6, 6.07) is 14.3. The van der Waals surface area contributed by atoms with Gasteiger partial charge in [-0.3, -0.25) is 5.11 Å². The molecular formula is C24H20F3N2OS. The van der Waals surface area contributed by atoms with Gasteiger partial charge >= 0.3 is 6.18 Å². The van der Waals surface area contributed by atoms with Crippen LogP contribution >= 0.6 is 11.8 Å². The maximum Gasteiger partial charge on any atom is 0.416 e. The number of fused-ring (bicyclic) bond motifs is 1. The van der Waals surface area contributed by atoms with Crippen LogP contribution < -0.4 is 0 Å². The number of halogens is 3. The number of benzene rings is 3. The molecule has 1 aromatic heterocycles. The van der Waals surface area contributed by atoms with Gasteiger partial charge in [0.25, 0.3) is 0 Å². The zero-order valence-electron chi connectivity index (χ0n) is 17.0. The van der Waals surface area contributed by atoms with E-state index in [1.54, 1.807) is 22.5 Å². The first kappa shape index (κ1) is 21.3. The maximum absolute atomic E-state index is 12.8. The number of alkyl halides is 3. The Morgan fingerprint density at radius 2 is 1.77 bits per heavy atom. The summed E-state index contributed by atoms with van der Waals surface area (Å²) in [4.78, 5) is 1.09. The van der Waals surface area contributed by atoms with Crippen molar-refractivity contribution < 1.29 is 18.3 Å².